The van der Waals surface area contributed by atoms with Crippen LogP contribution in [0.15, 0.2) is 36.4 Å². The number of benzene rings is 1. The number of hydrogen-bond acceptors (Lipinski definition) is 1. The van der Waals surface area contributed by atoms with Crippen LogP contribution in [0.3, 0.4) is 0 Å². The molecule has 4 fully saturated rings. The molecular formula is C24H36ClN. The summed E-state index contributed by atoms with van der Waals surface area (Å²) in [5.74, 6) is 3.19. The quantitative estimate of drug-likeness (QED) is 0.497. The summed E-state index contributed by atoms with van der Waals surface area (Å²) in [6.45, 7) is 0. The Labute approximate surface area is 166 Å². The minimum atomic E-state index is 0. The largest absolute Gasteiger partial charge is 0.306 e. The van der Waals surface area contributed by atoms with E-state index >= 15 is 0 Å². The molecule has 0 aliphatic heterocycles. The molecule has 0 spiro atoms. The smallest absolute Gasteiger partial charge is 0.0146 e. The van der Waals surface area contributed by atoms with E-state index in [1.54, 1.807) is 19.3 Å². The van der Waals surface area contributed by atoms with E-state index < -0.39 is 0 Å². The van der Waals surface area contributed by atoms with E-state index in [4.69, 9.17) is 0 Å². The van der Waals surface area contributed by atoms with Crippen molar-refractivity contribution < 1.29 is 0 Å². The molecule has 0 saturated heterocycles. The number of unbranched alkanes of at least 4 members (excludes halogenated alkanes) is 1. The highest BCUT2D eigenvalue weighted by Crippen LogP contribution is 2.62. The van der Waals surface area contributed by atoms with Crippen molar-refractivity contribution in [3.63, 3.8) is 0 Å². The SMILES string of the molecule is CN(C)C(CCCC=Cc1ccccc1)C12CC3CC(CC(C3)C1)C2.Cl. The molecule has 26 heavy (non-hydrogen) atoms. The topological polar surface area (TPSA) is 3.24 Å². The van der Waals surface area contributed by atoms with E-state index in [1.807, 2.05) is 0 Å². The van der Waals surface area contributed by atoms with Gasteiger partial charge in [-0.25, -0.2) is 0 Å². The maximum Gasteiger partial charge on any atom is 0.0146 e. The fraction of sp³-hybridized carbons (Fsp3) is 0.667. The molecule has 1 nitrogen and oxygen atoms in total. The van der Waals surface area contributed by atoms with E-state index in [9.17, 15) is 0 Å². The normalized spacial score (nSPS) is 33.6. The molecule has 2 heteroatoms. The lowest BCUT2D eigenvalue weighted by Gasteiger charge is -2.60. The van der Waals surface area contributed by atoms with Crippen LogP contribution in [-0.4, -0.2) is 25.0 Å². The molecule has 4 bridgehead atoms. The summed E-state index contributed by atoms with van der Waals surface area (Å²) in [4.78, 5) is 2.58. The molecule has 4 aliphatic rings. The molecule has 0 aromatic heterocycles. The Morgan fingerprint density at radius 2 is 1.58 bits per heavy atom. The number of nitrogens with zero attached hydrogens (tertiary/aromatic N) is 1. The maximum atomic E-state index is 2.58. The van der Waals surface area contributed by atoms with E-state index in [-0.39, 0.29) is 12.4 Å². The van der Waals surface area contributed by atoms with Crippen molar-refractivity contribution in [2.24, 2.45) is 23.2 Å². The molecule has 5 rings (SSSR count). The van der Waals surface area contributed by atoms with Crippen molar-refractivity contribution >= 4 is 18.5 Å². The summed E-state index contributed by atoms with van der Waals surface area (Å²) in [7, 11) is 4.67. The van der Waals surface area contributed by atoms with Gasteiger partial charge in [0.05, 0.1) is 0 Å². The second kappa shape index (κ2) is 8.48. The highest BCUT2D eigenvalue weighted by molar-refractivity contribution is 5.85. The fourth-order valence-electron chi connectivity index (χ4n) is 6.91. The van der Waals surface area contributed by atoms with Gasteiger partial charge in [-0.1, -0.05) is 42.5 Å². The van der Waals surface area contributed by atoms with Gasteiger partial charge in [0.1, 0.15) is 0 Å². The Morgan fingerprint density at radius 1 is 1.00 bits per heavy atom. The van der Waals surface area contributed by atoms with Gasteiger partial charge in [0.25, 0.3) is 0 Å². The van der Waals surface area contributed by atoms with E-state index in [2.05, 4.69) is 61.5 Å². The van der Waals surface area contributed by atoms with Gasteiger partial charge in [-0.15, -0.1) is 12.4 Å². The van der Waals surface area contributed by atoms with Crippen molar-refractivity contribution in [1.82, 2.24) is 4.90 Å². The van der Waals surface area contributed by atoms with Crippen LogP contribution in [0.25, 0.3) is 6.08 Å². The van der Waals surface area contributed by atoms with Gasteiger partial charge in [-0.05, 0) is 101 Å². The van der Waals surface area contributed by atoms with E-state index in [0.717, 1.165) is 23.8 Å². The first-order chi connectivity index (χ1) is 12.1. The van der Waals surface area contributed by atoms with Crippen LogP contribution in [0.4, 0.5) is 0 Å². The van der Waals surface area contributed by atoms with Crippen LogP contribution in [0.5, 0.6) is 0 Å². The molecule has 0 heterocycles. The standard InChI is InChI=1S/C24H35N.ClH/c1-25(2)23(12-8-4-7-11-19-9-5-3-6-10-19)24-16-20-13-21(17-24)15-22(14-20)18-24;/h3,5-7,9-11,20-23H,4,8,12-18H2,1-2H3;1H. The zero-order chi connectivity index (χ0) is 17.3. The molecule has 1 aromatic rings. The maximum absolute atomic E-state index is 2.58. The predicted octanol–water partition coefficient (Wildman–Crippen LogP) is 6.44. The van der Waals surface area contributed by atoms with Crippen LogP contribution in [0.1, 0.15) is 63.4 Å². The Bertz CT molecular complexity index is 556. The zero-order valence-electron chi connectivity index (χ0n) is 16.6. The summed E-state index contributed by atoms with van der Waals surface area (Å²) in [5, 5.41) is 0. The molecule has 0 N–H and O–H groups in total. The Morgan fingerprint density at radius 3 is 2.12 bits per heavy atom. The van der Waals surface area contributed by atoms with Crippen molar-refractivity contribution in [2.75, 3.05) is 14.1 Å². The van der Waals surface area contributed by atoms with E-state index in [1.165, 1.54) is 44.1 Å². The molecule has 1 aromatic carbocycles. The number of hydrogen-bond donors (Lipinski definition) is 0. The van der Waals surface area contributed by atoms with Gasteiger partial charge in [-0.3, -0.25) is 0 Å². The second-order valence-corrected chi connectivity index (χ2v) is 9.50. The third-order valence-corrected chi connectivity index (χ3v) is 7.37. The van der Waals surface area contributed by atoms with Gasteiger partial charge >= 0.3 is 0 Å². The minimum absolute atomic E-state index is 0. The van der Waals surface area contributed by atoms with Crippen molar-refractivity contribution in [3.8, 4) is 0 Å². The van der Waals surface area contributed by atoms with Gasteiger partial charge in [0.15, 0.2) is 0 Å². The molecule has 0 amide bonds. The Balaban J connectivity index is 0.00000196. The summed E-state index contributed by atoms with van der Waals surface area (Å²) in [5.41, 5.74) is 1.98. The van der Waals surface area contributed by atoms with Crippen molar-refractivity contribution in [1.29, 1.82) is 0 Å². The average molecular weight is 374 g/mol. The third kappa shape index (κ3) is 4.20. The summed E-state index contributed by atoms with van der Waals surface area (Å²) in [6, 6.07) is 11.5. The fourth-order valence-corrected chi connectivity index (χ4v) is 6.91. The molecular weight excluding hydrogens is 338 g/mol. The monoisotopic (exact) mass is 373 g/mol. The molecule has 1 atom stereocenters. The first kappa shape index (κ1) is 20.0. The second-order valence-electron chi connectivity index (χ2n) is 9.50. The van der Waals surface area contributed by atoms with Gasteiger partial charge in [-0.2, -0.15) is 0 Å². The number of halogens is 1. The summed E-state index contributed by atoms with van der Waals surface area (Å²) < 4.78 is 0. The van der Waals surface area contributed by atoms with Gasteiger partial charge in [0, 0.05) is 6.04 Å². The van der Waals surface area contributed by atoms with Crippen LogP contribution < -0.4 is 0 Å². The van der Waals surface area contributed by atoms with Crippen LogP contribution in [0, 0.1) is 23.2 Å². The highest BCUT2D eigenvalue weighted by Gasteiger charge is 2.54. The molecule has 0 radical (unpaired) electrons. The average Bonchev–Trinajstić information content (AvgIpc) is 2.57. The molecule has 4 aliphatic carbocycles. The first-order valence-corrected chi connectivity index (χ1v) is 10.5. The van der Waals surface area contributed by atoms with Gasteiger partial charge < -0.3 is 4.90 Å². The number of allylic oxidation sites excluding steroid dienone is 1. The van der Waals surface area contributed by atoms with Crippen molar-refractivity contribution in [3.05, 3.63) is 42.0 Å². The minimum Gasteiger partial charge on any atom is -0.306 e. The predicted molar refractivity (Wildman–Crippen MR) is 115 cm³/mol. The Hall–Kier alpha value is -0.790. The summed E-state index contributed by atoms with van der Waals surface area (Å²) in [6.07, 6.45) is 17.8. The summed E-state index contributed by atoms with van der Waals surface area (Å²) >= 11 is 0. The van der Waals surface area contributed by atoms with Crippen molar-refractivity contribution in [2.45, 2.75) is 63.8 Å². The zero-order valence-corrected chi connectivity index (χ0v) is 17.4. The Kier molecular flexibility index (Phi) is 6.51. The van der Waals surface area contributed by atoms with Crippen LogP contribution in [-0.2, 0) is 0 Å². The lowest BCUT2D eigenvalue weighted by atomic mass is 9.47. The highest BCUT2D eigenvalue weighted by atomic mass is 35.5. The molecule has 1 unspecified atom stereocenters. The van der Waals surface area contributed by atoms with E-state index in [0.29, 0.717) is 5.41 Å². The lowest BCUT2D eigenvalue weighted by molar-refractivity contribution is -0.0954. The van der Waals surface area contributed by atoms with Gasteiger partial charge in [0.2, 0.25) is 0 Å². The van der Waals surface area contributed by atoms with Crippen LogP contribution in [0.2, 0.25) is 0 Å². The first-order valence-electron chi connectivity index (χ1n) is 10.5. The number of rotatable bonds is 7. The molecule has 144 valence electrons. The molecule has 4 saturated carbocycles. The third-order valence-electron chi connectivity index (χ3n) is 7.37. The lowest BCUT2D eigenvalue weighted by Crippen LogP contribution is -2.55. The van der Waals surface area contributed by atoms with Crippen LogP contribution >= 0.6 is 12.4 Å².